The molecule has 31 heavy (non-hydrogen) atoms. The molecule has 1 fully saturated rings. The Kier molecular flexibility index (Phi) is 6.47. The SMILES string of the molecule is COc1cc(/C=C2/SC(=O)N(CC(=O)Nc3cccc(Cl)c3)C2=O)cc([N+](=O)[O-])c1O. The number of ether oxygens (including phenoxy) is 1. The molecule has 0 unspecified atom stereocenters. The van der Waals surface area contributed by atoms with Gasteiger partial charge in [-0.05, 0) is 47.7 Å². The van der Waals surface area contributed by atoms with E-state index >= 15 is 0 Å². The molecule has 2 N–H and O–H groups in total. The highest BCUT2D eigenvalue weighted by Crippen LogP contribution is 2.39. The van der Waals surface area contributed by atoms with Gasteiger partial charge in [0, 0.05) is 16.8 Å². The van der Waals surface area contributed by atoms with E-state index in [1.54, 1.807) is 18.2 Å². The van der Waals surface area contributed by atoms with E-state index in [2.05, 4.69) is 5.32 Å². The molecule has 0 aliphatic carbocycles. The number of carbonyl (C=O) groups is 3. The molecule has 2 aromatic rings. The maximum atomic E-state index is 12.6. The van der Waals surface area contributed by atoms with E-state index in [4.69, 9.17) is 16.3 Å². The number of anilines is 1. The Morgan fingerprint density at radius 3 is 2.74 bits per heavy atom. The lowest BCUT2D eigenvalue weighted by Crippen LogP contribution is -2.36. The fourth-order valence-corrected chi connectivity index (χ4v) is 3.72. The van der Waals surface area contributed by atoms with Gasteiger partial charge in [0.15, 0.2) is 5.75 Å². The Morgan fingerprint density at radius 2 is 2.10 bits per heavy atom. The summed E-state index contributed by atoms with van der Waals surface area (Å²) >= 11 is 6.44. The molecule has 1 saturated heterocycles. The molecule has 0 spiro atoms. The van der Waals surface area contributed by atoms with Gasteiger partial charge in [0.1, 0.15) is 6.54 Å². The molecule has 3 amide bonds. The van der Waals surface area contributed by atoms with Crippen LogP contribution in [0.15, 0.2) is 41.3 Å². The number of rotatable bonds is 6. The number of hydrogen-bond donors (Lipinski definition) is 2. The minimum atomic E-state index is -0.804. The topological polar surface area (TPSA) is 139 Å². The van der Waals surface area contributed by atoms with E-state index in [0.717, 1.165) is 11.0 Å². The number of halogens is 1. The van der Waals surface area contributed by atoms with Gasteiger partial charge in [-0.15, -0.1) is 0 Å². The van der Waals surface area contributed by atoms with Crippen molar-refractivity contribution in [3.8, 4) is 11.5 Å². The van der Waals surface area contributed by atoms with Crippen molar-refractivity contribution in [2.24, 2.45) is 0 Å². The third-order valence-corrected chi connectivity index (χ3v) is 5.22. The van der Waals surface area contributed by atoms with Crippen molar-refractivity contribution in [3.05, 3.63) is 62.0 Å². The van der Waals surface area contributed by atoms with Crippen LogP contribution in [0.5, 0.6) is 11.5 Å². The third-order valence-electron chi connectivity index (χ3n) is 4.08. The number of aromatic hydroxyl groups is 1. The van der Waals surface area contributed by atoms with Crippen LogP contribution in [0.4, 0.5) is 16.2 Å². The van der Waals surface area contributed by atoms with Gasteiger partial charge < -0.3 is 15.2 Å². The maximum Gasteiger partial charge on any atom is 0.315 e. The minimum Gasteiger partial charge on any atom is -0.500 e. The summed E-state index contributed by atoms with van der Waals surface area (Å²) in [4.78, 5) is 48.1. The van der Waals surface area contributed by atoms with E-state index < -0.39 is 40.0 Å². The Morgan fingerprint density at radius 1 is 1.35 bits per heavy atom. The van der Waals surface area contributed by atoms with E-state index in [9.17, 15) is 29.6 Å². The van der Waals surface area contributed by atoms with Crippen LogP contribution in [-0.4, -0.2) is 45.6 Å². The molecule has 3 rings (SSSR count). The number of nitrogens with one attached hydrogen (secondary N) is 1. The molecule has 160 valence electrons. The number of phenols is 1. The lowest BCUT2D eigenvalue weighted by Gasteiger charge is -2.12. The molecule has 0 radical (unpaired) electrons. The highest BCUT2D eigenvalue weighted by atomic mass is 35.5. The fraction of sp³-hybridized carbons (Fsp3) is 0.105. The molecule has 1 heterocycles. The molecule has 1 aliphatic heterocycles. The normalized spacial score (nSPS) is 14.8. The summed E-state index contributed by atoms with van der Waals surface area (Å²) in [6.07, 6.45) is 1.24. The van der Waals surface area contributed by atoms with Gasteiger partial charge in [-0.2, -0.15) is 0 Å². The summed E-state index contributed by atoms with van der Waals surface area (Å²) in [7, 11) is 1.22. The fourth-order valence-electron chi connectivity index (χ4n) is 2.69. The van der Waals surface area contributed by atoms with Crippen LogP contribution >= 0.6 is 23.4 Å². The molecule has 0 atom stereocenters. The van der Waals surface area contributed by atoms with Gasteiger partial charge in [-0.1, -0.05) is 17.7 Å². The number of phenolic OH excluding ortho intramolecular Hbond substituents is 1. The second-order valence-electron chi connectivity index (χ2n) is 6.17. The quantitative estimate of drug-likeness (QED) is 0.376. The lowest BCUT2D eigenvalue weighted by molar-refractivity contribution is -0.386. The minimum absolute atomic E-state index is 0.0393. The summed E-state index contributed by atoms with van der Waals surface area (Å²) < 4.78 is 4.91. The van der Waals surface area contributed by atoms with Gasteiger partial charge in [0.05, 0.1) is 16.9 Å². The van der Waals surface area contributed by atoms with Gasteiger partial charge in [0.25, 0.3) is 11.1 Å². The zero-order valence-electron chi connectivity index (χ0n) is 15.8. The van der Waals surface area contributed by atoms with Crippen molar-refractivity contribution in [2.45, 2.75) is 0 Å². The number of thioether (sulfide) groups is 1. The lowest BCUT2D eigenvalue weighted by atomic mass is 10.1. The summed E-state index contributed by atoms with van der Waals surface area (Å²) in [5, 5.41) is 23.2. The van der Waals surface area contributed by atoms with Crippen LogP contribution < -0.4 is 10.1 Å². The first kappa shape index (κ1) is 22.1. The largest absolute Gasteiger partial charge is 0.500 e. The van der Waals surface area contributed by atoms with Gasteiger partial charge in [-0.25, -0.2) is 0 Å². The smallest absolute Gasteiger partial charge is 0.315 e. The van der Waals surface area contributed by atoms with Crippen molar-refractivity contribution in [1.82, 2.24) is 4.90 Å². The number of nitro groups is 1. The number of benzene rings is 2. The molecule has 0 bridgehead atoms. The highest BCUT2D eigenvalue weighted by molar-refractivity contribution is 8.18. The predicted molar refractivity (Wildman–Crippen MR) is 114 cm³/mol. The monoisotopic (exact) mass is 463 g/mol. The average molecular weight is 464 g/mol. The number of nitro benzene ring substituents is 1. The van der Waals surface area contributed by atoms with E-state index in [1.807, 2.05) is 0 Å². The van der Waals surface area contributed by atoms with Crippen molar-refractivity contribution in [2.75, 3.05) is 19.0 Å². The average Bonchev–Trinajstić information content (AvgIpc) is 2.96. The highest BCUT2D eigenvalue weighted by Gasteiger charge is 2.36. The van der Waals surface area contributed by atoms with E-state index in [1.165, 1.54) is 25.3 Å². The van der Waals surface area contributed by atoms with Crippen LogP contribution in [0.1, 0.15) is 5.56 Å². The molecular weight excluding hydrogens is 450 g/mol. The van der Waals surface area contributed by atoms with Crippen LogP contribution in [0.25, 0.3) is 6.08 Å². The Bertz CT molecular complexity index is 1140. The zero-order valence-corrected chi connectivity index (χ0v) is 17.4. The number of imide groups is 1. The second-order valence-corrected chi connectivity index (χ2v) is 7.60. The van der Waals surface area contributed by atoms with Gasteiger partial charge >= 0.3 is 5.69 Å². The van der Waals surface area contributed by atoms with Gasteiger partial charge in [0.2, 0.25) is 11.7 Å². The van der Waals surface area contributed by atoms with Crippen LogP contribution in [0, 0.1) is 10.1 Å². The van der Waals surface area contributed by atoms with Crippen LogP contribution in [0.3, 0.4) is 0 Å². The Hall–Kier alpha value is -3.57. The number of amides is 3. The van der Waals surface area contributed by atoms with Crippen molar-refractivity contribution in [3.63, 3.8) is 0 Å². The first-order chi connectivity index (χ1) is 14.7. The summed E-state index contributed by atoms with van der Waals surface area (Å²) in [6, 6.07) is 8.69. The first-order valence-electron chi connectivity index (χ1n) is 8.55. The number of methoxy groups -OCH3 is 1. The second kappa shape index (κ2) is 9.06. The molecule has 1 aliphatic rings. The predicted octanol–water partition coefficient (Wildman–Crippen LogP) is 3.64. The molecule has 0 aromatic heterocycles. The van der Waals surface area contributed by atoms with Gasteiger partial charge in [-0.3, -0.25) is 29.4 Å². The van der Waals surface area contributed by atoms with Crippen LogP contribution in [-0.2, 0) is 9.59 Å². The maximum absolute atomic E-state index is 12.6. The number of hydrogen-bond acceptors (Lipinski definition) is 8. The standard InChI is InChI=1S/C19H14ClN3O7S/c1-30-14-6-10(5-13(17(14)25)23(28)29)7-15-18(26)22(19(27)31-15)9-16(24)21-12-4-2-3-11(20)8-12/h2-8,25H,9H2,1H3,(H,21,24)/b15-7+. The van der Waals surface area contributed by atoms with Crippen molar-refractivity contribution in [1.29, 1.82) is 0 Å². The first-order valence-corrected chi connectivity index (χ1v) is 9.75. The number of carbonyl (C=O) groups excluding carboxylic acids is 3. The molecule has 12 heteroatoms. The van der Waals surface area contributed by atoms with E-state index in [0.29, 0.717) is 22.5 Å². The number of nitrogens with zero attached hydrogens (tertiary/aromatic N) is 2. The third kappa shape index (κ3) is 4.95. The summed E-state index contributed by atoms with van der Waals surface area (Å²) in [6.45, 7) is -0.520. The Balaban J connectivity index is 1.80. The van der Waals surface area contributed by atoms with Crippen molar-refractivity contribution >= 4 is 57.9 Å². The van der Waals surface area contributed by atoms with Crippen molar-refractivity contribution < 1.29 is 29.2 Å². The zero-order chi connectivity index (χ0) is 22.7. The summed E-state index contributed by atoms with van der Waals surface area (Å²) in [5.41, 5.74) is -0.0514. The molecule has 0 saturated carbocycles. The van der Waals surface area contributed by atoms with Crippen LogP contribution in [0.2, 0.25) is 5.02 Å². The molecular formula is C19H14ClN3O7S. The van der Waals surface area contributed by atoms with E-state index in [-0.39, 0.29) is 16.2 Å². The summed E-state index contributed by atoms with van der Waals surface area (Å²) in [5.74, 6) is -2.16. The Labute approximate surface area is 184 Å². The molecule has 2 aromatic carbocycles. The molecule has 10 nitrogen and oxygen atoms in total.